The monoisotopic (exact) mass is 274 g/mol. The summed E-state index contributed by atoms with van der Waals surface area (Å²) in [5.74, 6) is 1.31. The summed E-state index contributed by atoms with van der Waals surface area (Å²) in [6.07, 6.45) is 6.73. The molecule has 0 aliphatic carbocycles. The summed E-state index contributed by atoms with van der Waals surface area (Å²) in [6, 6.07) is 7.35. The Morgan fingerprint density at radius 3 is 2.63 bits per heavy atom. The van der Waals surface area contributed by atoms with Gasteiger partial charge < -0.3 is 4.74 Å². The third kappa shape index (κ3) is 4.71. The fourth-order valence-electron chi connectivity index (χ4n) is 1.43. The summed E-state index contributed by atoms with van der Waals surface area (Å²) < 4.78 is 5.15. The Balaban J connectivity index is 1.63. The van der Waals surface area contributed by atoms with Crippen molar-refractivity contribution in [2.75, 3.05) is 12.4 Å². The minimum atomic E-state index is -0.324. The van der Waals surface area contributed by atoms with Gasteiger partial charge in [-0.2, -0.15) is 11.8 Å². The van der Waals surface area contributed by atoms with E-state index in [4.69, 9.17) is 4.74 Å². The van der Waals surface area contributed by atoms with Gasteiger partial charge in [0.15, 0.2) is 0 Å². The molecule has 0 N–H and O–H groups in total. The normalized spacial score (nSPS) is 10.1. The molecule has 0 fully saturated rings. The predicted octanol–water partition coefficient (Wildman–Crippen LogP) is 2.57. The third-order valence-electron chi connectivity index (χ3n) is 2.35. The SMILES string of the molecule is O=C(OCCSCc1cccnc1)c1cccnc1. The molecule has 0 saturated carbocycles. The topological polar surface area (TPSA) is 52.1 Å². The molecule has 2 aromatic rings. The number of esters is 1. The summed E-state index contributed by atoms with van der Waals surface area (Å²) in [5, 5.41) is 0. The Bertz CT molecular complexity index is 505. The van der Waals surface area contributed by atoms with E-state index in [0.29, 0.717) is 12.2 Å². The molecule has 0 aliphatic rings. The number of thioether (sulfide) groups is 1. The summed E-state index contributed by atoms with van der Waals surface area (Å²) in [7, 11) is 0. The molecule has 5 heteroatoms. The number of ether oxygens (including phenoxy) is 1. The zero-order valence-electron chi connectivity index (χ0n) is 10.4. The fourth-order valence-corrected chi connectivity index (χ4v) is 2.19. The van der Waals surface area contributed by atoms with Crippen LogP contribution in [0.3, 0.4) is 0 Å². The van der Waals surface area contributed by atoms with Gasteiger partial charge in [0.2, 0.25) is 0 Å². The Morgan fingerprint density at radius 1 is 1.16 bits per heavy atom. The summed E-state index contributed by atoms with van der Waals surface area (Å²) in [4.78, 5) is 19.5. The van der Waals surface area contributed by atoms with Crippen molar-refractivity contribution in [3.05, 3.63) is 60.2 Å². The molecule has 98 valence electrons. The van der Waals surface area contributed by atoms with Crippen LogP contribution in [-0.2, 0) is 10.5 Å². The van der Waals surface area contributed by atoms with E-state index in [2.05, 4.69) is 9.97 Å². The average molecular weight is 274 g/mol. The molecule has 0 radical (unpaired) electrons. The van der Waals surface area contributed by atoms with Gasteiger partial charge in [0.25, 0.3) is 0 Å². The largest absolute Gasteiger partial charge is 0.461 e. The number of pyridine rings is 2. The van der Waals surface area contributed by atoms with Gasteiger partial charge in [-0.1, -0.05) is 6.07 Å². The van der Waals surface area contributed by atoms with Crippen molar-refractivity contribution in [1.82, 2.24) is 9.97 Å². The number of carbonyl (C=O) groups excluding carboxylic acids is 1. The van der Waals surface area contributed by atoms with E-state index in [0.717, 1.165) is 11.5 Å². The lowest BCUT2D eigenvalue weighted by Gasteiger charge is -2.04. The Morgan fingerprint density at radius 2 is 1.95 bits per heavy atom. The van der Waals surface area contributed by atoms with Crippen LogP contribution in [0, 0.1) is 0 Å². The number of nitrogens with zero attached hydrogens (tertiary/aromatic N) is 2. The Hall–Kier alpha value is -1.88. The maximum absolute atomic E-state index is 11.6. The standard InChI is InChI=1S/C14H14N2O2S/c17-14(13-4-2-6-16-10-13)18-7-8-19-11-12-3-1-5-15-9-12/h1-6,9-10H,7-8,11H2. The molecule has 2 rings (SSSR count). The average Bonchev–Trinajstić information content (AvgIpc) is 2.49. The Kier molecular flexibility index (Phi) is 5.37. The molecule has 0 aliphatic heterocycles. The first kappa shape index (κ1) is 13.5. The second-order valence-electron chi connectivity index (χ2n) is 3.79. The number of hydrogen-bond donors (Lipinski definition) is 0. The van der Waals surface area contributed by atoms with Crippen molar-refractivity contribution in [3.8, 4) is 0 Å². The second-order valence-corrected chi connectivity index (χ2v) is 4.90. The highest BCUT2D eigenvalue weighted by Gasteiger charge is 2.05. The first-order chi connectivity index (χ1) is 9.36. The number of rotatable bonds is 6. The van der Waals surface area contributed by atoms with Gasteiger partial charge in [-0.15, -0.1) is 0 Å². The molecule has 0 spiro atoms. The summed E-state index contributed by atoms with van der Waals surface area (Å²) in [6.45, 7) is 0.401. The zero-order valence-corrected chi connectivity index (χ0v) is 11.2. The van der Waals surface area contributed by atoms with Crippen LogP contribution < -0.4 is 0 Å². The van der Waals surface area contributed by atoms with Crippen molar-refractivity contribution in [2.45, 2.75) is 5.75 Å². The van der Waals surface area contributed by atoms with Crippen LogP contribution in [0.4, 0.5) is 0 Å². The molecular weight excluding hydrogens is 260 g/mol. The van der Waals surface area contributed by atoms with E-state index in [1.165, 1.54) is 11.8 Å². The van der Waals surface area contributed by atoms with Crippen LogP contribution in [0.25, 0.3) is 0 Å². The van der Waals surface area contributed by atoms with E-state index in [-0.39, 0.29) is 5.97 Å². The fraction of sp³-hybridized carbons (Fsp3) is 0.214. The van der Waals surface area contributed by atoms with Gasteiger partial charge in [0.1, 0.15) is 6.61 Å². The molecule has 19 heavy (non-hydrogen) atoms. The van der Waals surface area contributed by atoms with Crippen LogP contribution in [-0.4, -0.2) is 28.3 Å². The first-order valence-electron chi connectivity index (χ1n) is 5.90. The quantitative estimate of drug-likeness (QED) is 0.598. The number of carbonyl (C=O) groups is 1. The van der Waals surface area contributed by atoms with Crippen molar-refractivity contribution in [1.29, 1.82) is 0 Å². The highest BCUT2D eigenvalue weighted by molar-refractivity contribution is 7.98. The van der Waals surface area contributed by atoms with Crippen molar-refractivity contribution in [2.24, 2.45) is 0 Å². The maximum Gasteiger partial charge on any atom is 0.339 e. The van der Waals surface area contributed by atoms with Crippen molar-refractivity contribution < 1.29 is 9.53 Å². The molecular formula is C14H14N2O2S. The van der Waals surface area contributed by atoms with Crippen LogP contribution >= 0.6 is 11.8 Å². The van der Waals surface area contributed by atoms with Crippen molar-refractivity contribution >= 4 is 17.7 Å². The van der Waals surface area contributed by atoms with E-state index in [9.17, 15) is 4.79 Å². The molecule has 2 heterocycles. The highest BCUT2D eigenvalue weighted by Crippen LogP contribution is 2.10. The highest BCUT2D eigenvalue weighted by atomic mass is 32.2. The molecule has 4 nitrogen and oxygen atoms in total. The lowest BCUT2D eigenvalue weighted by atomic mass is 10.3. The van der Waals surface area contributed by atoms with Crippen molar-refractivity contribution in [3.63, 3.8) is 0 Å². The zero-order chi connectivity index (χ0) is 13.3. The summed E-state index contributed by atoms with van der Waals surface area (Å²) in [5.41, 5.74) is 1.66. The second kappa shape index (κ2) is 7.53. The van der Waals surface area contributed by atoms with Gasteiger partial charge in [-0.3, -0.25) is 9.97 Å². The number of hydrogen-bond acceptors (Lipinski definition) is 5. The molecule has 0 aromatic carbocycles. The van der Waals surface area contributed by atoms with E-state index in [1.807, 2.05) is 18.3 Å². The Labute approximate surface area is 116 Å². The van der Waals surface area contributed by atoms with Gasteiger partial charge in [-0.05, 0) is 23.8 Å². The molecule has 0 saturated heterocycles. The maximum atomic E-state index is 11.6. The van der Waals surface area contributed by atoms with Crippen LogP contribution in [0.5, 0.6) is 0 Å². The van der Waals surface area contributed by atoms with Crippen LogP contribution in [0.15, 0.2) is 49.1 Å². The first-order valence-corrected chi connectivity index (χ1v) is 7.05. The van der Waals surface area contributed by atoms with Gasteiger partial charge >= 0.3 is 5.97 Å². The van der Waals surface area contributed by atoms with Gasteiger partial charge in [0.05, 0.1) is 5.56 Å². The van der Waals surface area contributed by atoms with Crippen LogP contribution in [0.1, 0.15) is 15.9 Å². The number of aromatic nitrogens is 2. The third-order valence-corrected chi connectivity index (χ3v) is 3.34. The van der Waals surface area contributed by atoms with Gasteiger partial charge in [0, 0.05) is 36.3 Å². The van der Waals surface area contributed by atoms with E-state index < -0.39 is 0 Å². The van der Waals surface area contributed by atoms with Gasteiger partial charge in [-0.25, -0.2) is 4.79 Å². The molecule has 0 atom stereocenters. The lowest BCUT2D eigenvalue weighted by Crippen LogP contribution is -2.08. The predicted molar refractivity (Wildman–Crippen MR) is 74.9 cm³/mol. The van der Waals surface area contributed by atoms with Crippen LogP contribution in [0.2, 0.25) is 0 Å². The lowest BCUT2D eigenvalue weighted by molar-refractivity contribution is 0.0530. The van der Waals surface area contributed by atoms with E-state index >= 15 is 0 Å². The molecule has 2 aromatic heterocycles. The molecule has 0 bridgehead atoms. The smallest absolute Gasteiger partial charge is 0.339 e. The molecule has 0 amide bonds. The minimum absolute atomic E-state index is 0.324. The summed E-state index contributed by atoms with van der Waals surface area (Å²) >= 11 is 1.71. The minimum Gasteiger partial charge on any atom is -0.461 e. The molecule has 0 unspecified atom stereocenters. The van der Waals surface area contributed by atoms with E-state index in [1.54, 1.807) is 36.3 Å².